The van der Waals surface area contributed by atoms with Crippen LogP contribution in [-0.4, -0.2) is 38.6 Å². The zero-order valence-electron chi connectivity index (χ0n) is 14.8. The van der Waals surface area contributed by atoms with Crippen molar-refractivity contribution in [3.63, 3.8) is 0 Å². The van der Waals surface area contributed by atoms with Crippen molar-refractivity contribution in [2.24, 2.45) is 0 Å². The molecule has 0 aliphatic rings. The van der Waals surface area contributed by atoms with Crippen molar-refractivity contribution < 1.29 is 18.1 Å². The van der Waals surface area contributed by atoms with E-state index in [1.807, 2.05) is 17.5 Å². The van der Waals surface area contributed by atoms with Gasteiger partial charge in [-0.2, -0.15) is 0 Å². The fourth-order valence-electron chi connectivity index (χ4n) is 2.41. The van der Waals surface area contributed by atoms with Gasteiger partial charge < -0.3 is 10.6 Å². The third kappa shape index (κ3) is 6.65. The summed E-state index contributed by atoms with van der Waals surface area (Å²) in [5, 5.41) is 18.8. The lowest BCUT2D eigenvalue weighted by atomic mass is 10.2. The quantitative estimate of drug-likeness (QED) is 0.352. The van der Waals surface area contributed by atoms with Crippen LogP contribution in [0, 0.1) is 10.1 Å². The Kier molecular flexibility index (Phi) is 7.31. The van der Waals surface area contributed by atoms with Crippen LogP contribution in [0.3, 0.4) is 0 Å². The van der Waals surface area contributed by atoms with Crippen LogP contribution in [0.15, 0.2) is 40.6 Å². The van der Waals surface area contributed by atoms with Crippen molar-refractivity contribution in [1.29, 1.82) is 0 Å². The molecule has 0 saturated carbocycles. The third-order valence-corrected chi connectivity index (χ3v) is 5.81. The Bertz CT molecular complexity index is 895. The van der Waals surface area contributed by atoms with Gasteiger partial charge in [-0.05, 0) is 36.4 Å². The molecule has 146 valence electrons. The fourth-order valence-corrected chi connectivity index (χ4v) is 3.80. The fraction of sp³-hybridized carbons (Fsp3) is 0.353. The molecule has 0 bridgehead atoms. The second-order valence-electron chi connectivity index (χ2n) is 5.92. The lowest BCUT2D eigenvalue weighted by Crippen LogP contribution is -2.28. The minimum atomic E-state index is -3.53. The summed E-state index contributed by atoms with van der Waals surface area (Å²) in [7, 11) is -3.53. The summed E-state index contributed by atoms with van der Waals surface area (Å²) in [6.45, 7) is 0.596. The highest BCUT2D eigenvalue weighted by atomic mass is 32.2. The first kappa shape index (κ1) is 20.8. The number of sulfone groups is 1. The van der Waals surface area contributed by atoms with E-state index in [1.54, 1.807) is 11.3 Å². The molecule has 2 N–H and O–H groups in total. The Morgan fingerprint density at radius 3 is 2.67 bits per heavy atom. The average molecular weight is 412 g/mol. The first-order valence-electron chi connectivity index (χ1n) is 8.29. The number of hydrogen-bond donors (Lipinski definition) is 2. The lowest BCUT2D eigenvalue weighted by molar-refractivity contribution is -0.384. The number of aryl methyl sites for hydroxylation is 1. The summed E-state index contributed by atoms with van der Waals surface area (Å²) >= 11 is 1.67. The van der Waals surface area contributed by atoms with Crippen molar-refractivity contribution in [3.05, 3.63) is 50.7 Å². The SMILES string of the molecule is CS(=O)(=O)c1ccc(NCCNC(=O)CCCc2cccs2)c([N+](=O)[O-])c1. The zero-order valence-corrected chi connectivity index (χ0v) is 16.4. The highest BCUT2D eigenvalue weighted by Crippen LogP contribution is 2.27. The Labute approximate surface area is 161 Å². The summed E-state index contributed by atoms with van der Waals surface area (Å²) in [5.74, 6) is -0.0738. The number of carbonyl (C=O) groups is 1. The summed E-state index contributed by atoms with van der Waals surface area (Å²) in [4.78, 5) is 23.5. The van der Waals surface area contributed by atoms with Crippen LogP contribution in [-0.2, 0) is 21.1 Å². The first-order valence-corrected chi connectivity index (χ1v) is 11.1. The van der Waals surface area contributed by atoms with Crippen molar-refractivity contribution in [1.82, 2.24) is 5.32 Å². The van der Waals surface area contributed by atoms with Gasteiger partial charge in [-0.3, -0.25) is 14.9 Å². The highest BCUT2D eigenvalue weighted by molar-refractivity contribution is 7.90. The predicted octanol–water partition coefficient (Wildman–Crippen LogP) is 2.61. The Hall–Kier alpha value is -2.46. The minimum Gasteiger partial charge on any atom is -0.378 e. The van der Waals surface area contributed by atoms with Gasteiger partial charge in [0.15, 0.2) is 9.84 Å². The van der Waals surface area contributed by atoms with E-state index in [9.17, 15) is 23.3 Å². The normalized spacial score (nSPS) is 11.1. The molecule has 0 spiro atoms. The summed E-state index contributed by atoms with van der Waals surface area (Å²) in [6, 6.07) is 7.72. The van der Waals surface area contributed by atoms with Crippen LogP contribution >= 0.6 is 11.3 Å². The Morgan fingerprint density at radius 1 is 1.26 bits per heavy atom. The maximum atomic E-state index is 11.8. The van der Waals surface area contributed by atoms with Gasteiger partial charge in [0.25, 0.3) is 5.69 Å². The molecule has 8 nitrogen and oxygen atoms in total. The maximum absolute atomic E-state index is 11.8. The number of thiophene rings is 1. The van der Waals surface area contributed by atoms with Gasteiger partial charge in [-0.25, -0.2) is 8.42 Å². The van der Waals surface area contributed by atoms with E-state index in [-0.39, 0.29) is 28.7 Å². The third-order valence-electron chi connectivity index (χ3n) is 3.76. The van der Waals surface area contributed by atoms with Gasteiger partial charge in [-0.15, -0.1) is 11.3 Å². The molecule has 0 atom stereocenters. The molecule has 1 amide bonds. The van der Waals surface area contributed by atoms with E-state index >= 15 is 0 Å². The van der Waals surface area contributed by atoms with Gasteiger partial charge >= 0.3 is 0 Å². The van der Waals surface area contributed by atoms with Crippen LogP contribution < -0.4 is 10.6 Å². The van der Waals surface area contributed by atoms with E-state index in [0.29, 0.717) is 13.0 Å². The summed E-state index contributed by atoms with van der Waals surface area (Å²) in [6.07, 6.45) is 3.04. The number of rotatable bonds is 10. The van der Waals surface area contributed by atoms with Crippen molar-refractivity contribution in [2.75, 3.05) is 24.7 Å². The van der Waals surface area contributed by atoms with E-state index in [2.05, 4.69) is 10.6 Å². The molecule has 27 heavy (non-hydrogen) atoms. The van der Waals surface area contributed by atoms with Gasteiger partial charge in [-0.1, -0.05) is 6.07 Å². The van der Waals surface area contributed by atoms with Gasteiger partial charge in [0, 0.05) is 36.7 Å². The minimum absolute atomic E-state index is 0.0738. The molecule has 0 unspecified atom stereocenters. The molecular formula is C17H21N3O5S2. The smallest absolute Gasteiger partial charge is 0.293 e. The Balaban J connectivity index is 1.79. The van der Waals surface area contributed by atoms with Gasteiger partial charge in [0.1, 0.15) is 5.69 Å². The van der Waals surface area contributed by atoms with Crippen LogP contribution in [0.1, 0.15) is 17.7 Å². The first-order chi connectivity index (χ1) is 12.8. The second kappa shape index (κ2) is 9.47. The molecule has 1 aromatic carbocycles. The number of nitro benzene ring substituents is 1. The lowest BCUT2D eigenvalue weighted by Gasteiger charge is -2.09. The van der Waals surface area contributed by atoms with Crippen LogP contribution in [0.4, 0.5) is 11.4 Å². The number of nitro groups is 1. The number of hydrogen-bond acceptors (Lipinski definition) is 7. The zero-order chi connectivity index (χ0) is 19.9. The number of anilines is 1. The molecule has 10 heteroatoms. The number of amides is 1. The van der Waals surface area contributed by atoms with Crippen molar-refractivity contribution in [2.45, 2.75) is 24.2 Å². The predicted molar refractivity (Wildman–Crippen MR) is 105 cm³/mol. The summed E-state index contributed by atoms with van der Waals surface area (Å²) < 4.78 is 23.1. The monoisotopic (exact) mass is 411 g/mol. The van der Waals surface area contributed by atoms with E-state index < -0.39 is 14.8 Å². The molecule has 0 radical (unpaired) electrons. The summed E-state index contributed by atoms with van der Waals surface area (Å²) in [5.41, 5.74) is -0.112. The average Bonchev–Trinajstić information content (AvgIpc) is 3.11. The van der Waals surface area contributed by atoms with Crippen LogP contribution in [0.2, 0.25) is 0 Å². The van der Waals surface area contributed by atoms with Crippen molar-refractivity contribution >= 4 is 38.5 Å². The van der Waals surface area contributed by atoms with E-state index in [0.717, 1.165) is 25.2 Å². The molecule has 1 heterocycles. The molecule has 0 aliphatic heterocycles. The maximum Gasteiger partial charge on any atom is 0.293 e. The standard InChI is InChI=1S/C17H21N3O5S2/c1-27(24,25)14-7-8-15(16(12-14)20(22)23)18-9-10-19-17(21)6-2-4-13-5-3-11-26-13/h3,5,7-8,11-12,18H,2,4,6,9-10H2,1H3,(H,19,21). The molecule has 1 aromatic heterocycles. The van der Waals surface area contributed by atoms with E-state index in [1.165, 1.54) is 17.0 Å². The number of carbonyl (C=O) groups excluding carboxylic acids is 1. The highest BCUT2D eigenvalue weighted by Gasteiger charge is 2.18. The molecule has 2 aromatic rings. The van der Waals surface area contributed by atoms with Crippen LogP contribution in [0.5, 0.6) is 0 Å². The molecule has 0 saturated heterocycles. The number of nitrogens with one attached hydrogen (secondary N) is 2. The van der Waals surface area contributed by atoms with Gasteiger partial charge in [0.2, 0.25) is 5.91 Å². The Morgan fingerprint density at radius 2 is 2.04 bits per heavy atom. The van der Waals surface area contributed by atoms with Crippen LogP contribution in [0.25, 0.3) is 0 Å². The second-order valence-corrected chi connectivity index (χ2v) is 8.97. The topological polar surface area (TPSA) is 118 Å². The molecule has 0 fully saturated rings. The molecule has 0 aliphatic carbocycles. The van der Waals surface area contributed by atoms with Gasteiger partial charge in [0.05, 0.1) is 9.82 Å². The number of nitrogens with zero attached hydrogens (tertiary/aromatic N) is 1. The largest absolute Gasteiger partial charge is 0.378 e. The molecule has 2 rings (SSSR count). The number of benzene rings is 1. The van der Waals surface area contributed by atoms with E-state index in [4.69, 9.17) is 0 Å². The molecular weight excluding hydrogens is 390 g/mol. The van der Waals surface area contributed by atoms with Crippen molar-refractivity contribution in [3.8, 4) is 0 Å².